The van der Waals surface area contributed by atoms with Gasteiger partial charge < -0.3 is 0 Å². The lowest BCUT2D eigenvalue weighted by molar-refractivity contribution is 0.183. The van der Waals surface area contributed by atoms with Gasteiger partial charge in [0, 0.05) is 37.6 Å². The molecule has 0 radical (unpaired) electrons. The van der Waals surface area contributed by atoms with Crippen LogP contribution in [-0.4, -0.2) is 43.8 Å². The van der Waals surface area contributed by atoms with Gasteiger partial charge in [-0.05, 0) is 43.3 Å². The Morgan fingerprint density at radius 1 is 1.04 bits per heavy atom. The topological polar surface area (TPSA) is 40.6 Å². The van der Waals surface area contributed by atoms with E-state index in [-0.39, 0.29) is 0 Å². The molecular formula is C18H24N2O2S2. The number of piperazine rings is 1. The van der Waals surface area contributed by atoms with Crippen LogP contribution in [0.25, 0.3) is 0 Å². The van der Waals surface area contributed by atoms with E-state index in [4.69, 9.17) is 0 Å². The second-order valence-electron chi connectivity index (χ2n) is 6.49. The minimum absolute atomic E-state index is 0.486. The molecule has 1 fully saturated rings. The fourth-order valence-corrected chi connectivity index (χ4v) is 6.03. The SMILES string of the molecule is Cc1cc(C)c(S(=O)(=O)N2CCN(Cc3cccs3)CC2)c(C)c1. The van der Waals surface area contributed by atoms with Gasteiger partial charge in [-0.3, -0.25) is 4.90 Å². The Balaban J connectivity index is 1.73. The zero-order valence-electron chi connectivity index (χ0n) is 14.4. The lowest BCUT2D eigenvalue weighted by atomic mass is 10.1. The summed E-state index contributed by atoms with van der Waals surface area (Å²) < 4.78 is 27.8. The van der Waals surface area contributed by atoms with Crippen molar-refractivity contribution >= 4 is 21.4 Å². The molecule has 0 atom stereocenters. The van der Waals surface area contributed by atoms with E-state index in [1.54, 1.807) is 15.6 Å². The second-order valence-corrected chi connectivity index (χ2v) is 9.39. The number of hydrogen-bond donors (Lipinski definition) is 0. The average molecular weight is 365 g/mol. The molecule has 1 aliphatic rings. The molecule has 1 aliphatic heterocycles. The molecule has 0 N–H and O–H groups in total. The van der Waals surface area contributed by atoms with Gasteiger partial charge in [-0.25, -0.2) is 8.42 Å². The number of rotatable bonds is 4. The van der Waals surface area contributed by atoms with Crippen LogP contribution in [0.1, 0.15) is 21.6 Å². The summed E-state index contributed by atoms with van der Waals surface area (Å²) in [6.07, 6.45) is 0. The smallest absolute Gasteiger partial charge is 0.243 e. The van der Waals surface area contributed by atoms with E-state index in [1.165, 1.54) is 4.88 Å². The average Bonchev–Trinajstić information content (AvgIpc) is 2.99. The van der Waals surface area contributed by atoms with E-state index >= 15 is 0 Å². The molecular weight excluding hydrogens is 340 g/mol. The number of nitrogens with zero attached hydrogens (tertiary/aromatic N) is 2. The Labute approximate surface area is 148 Å². The van der Waals surface area contributed by atoms with Crippen LogP contribution in [0, 0.1) is 20.8 Å². The van der Waals surface area contributed by atoms with Gasteiger partial charge in [0.25, 0.3) is 0 Å². The number of sulfonamides is 1. The monoisotopic (exact) mass is 364 g/mol. The molecule has 4 nitrogen and oxygen atoms in total. The number of thiophene rings is 1. The third kappa shape index (κ3) is 3.57. The van der Waals surface area contributed by atoms with Crippen LogP contribution in [0.4, 0.5) is 0 Å². The lowest BCUT2D eigenvalue weighted by Crippen LogP contribution is -2.48. The predicted molar refractivity (Wildman–Crippen MR) is 99.0 cm³/mol. The molecule has 2 aromatic rings. The van der Waals surface area contributed by atoms with Gasteiger partial charge in [-0.15, -0.1) is 11.3 Å². The molecule has 0 unspecified atom stereocenters. The van der Waals surface area contributed by atoms with Crippen LogP contribution >= 0.6 is 11.3 Å². The van der Waals surface area contributed by atoms with Gasteiger partial charge in [-0.2, -0.15) is 4.31 Å². The quantitative estimate of drug-likeness (QED) is 0.837. The highest BCUT2D eigenvalue weighted by Gasteiger charge is 2.30. The summed E-state index contributed by atoms with van der Waals surface area (Å²) in [6, 6.07) is 8.09. The number of benzene rings is 1. The molecule has 2 heterocycles. The fraction of sp³-hybridized carbons (Fsp3) is 0.444. The third-order valence-electron chi connectivity index (χ3n) is 4.49. The van der Waals surface area contributed by atoms with E-state index in [2.05, 4.69) is 22.4 Å². The van der Waals surface area contributed by atoms with Gasteiger partial charge in [0.15, 0.2) is 0 Å². The first-order valence-electron chi connectivity index (χ1n) is 8.20. The van der Waals surface area contributed by atoms with E-state index in [0.717, 1.165) is 36.3 Å². The standard InChI is InChI=1S/C18H24N2O2S2/c1-14-11-15(2)18(16(3)12-14)24(21,22)20-8-6-19(7-9-20)13-17-5-4-10-23-17/h4-5,10-12H,6-9,13H2,1-3H3. The van der Waals surface area contributed by atoms with Crippen molar-refractivity contribution in [3.63, 3.8) is 0 Å². The van der Waals surface area contributed by atoms with Crippen molar-refractivity contribution in [2.45, 2.75) is 32.2 Å². The Morgan fingerprint density at radius 3 is 2.21 bits per heavy atom. The van der Waals surface area contributed by atoms with Crippen LogP contribution in [0.2, 0.25) is 0 Å². The normalized spacial score (nSPS) is 17.3. The van der Waals surface area contributed by atoms with Gasteiger partial charge in [0.2, 0.25) is 10.0 Å². The van der Waals surface area contributed by atoms with Crippen LogP contribution in [0.5, 0.6) is 0 Å². The number of aryl methyl sites for hydroxylation is 3. The van der Waals surface area contributed by atoms with E-state index < -0.39 is 10.0 Å². The van der Waals surface area contributed by atoms with E-state index in [0.29, 0.717) is 18.0 Å². The molecule has 0 aliphatic carbocycles. The van der Waals surface area contributed by atoms with E-state index in [1.807, 2.05) is 32.9 Å². The molecule has 3 rings (SSSR count). The maximum Gasteiger partial charge on any atom is 0.243 e. The minimum atomic E-state index is -3.42. The first kappa shape index (κ1) is 17.6. The maximum atomic E-state index is 13.1. The summed E-state index contributed by atoms with van der Waals surface area (Å²) in [5.41, 5.74) is 2.78. The highest BCUT2D eigenvalue weighted by molar-refractivity contribution is 7.89. The van der Waals surface area contributed by atoms with Gasteiger partial charge >= 0.3 is 0 Å². The first-order valence-corrected chi connectivity index (χ1v) is 10.5. The van der Waals surface area contributed by atoms with Gasteiger partial charge in [0.05, 0.1) is 4.90 Å². The third-order valence-corrected chi connectivity index (χ3v) is 7.56. The molecule has 24 heavy (non-hydrogen) atoms. The number of hydrogen-bond acceptors (Lipinski definition) is 4. The summed E-state index contributed by atoms with van der Waals surface area (Å²) in [7, 11) is -3.42. The van der Waals surface area contributed by atoms with Crippen LogP contribution < -0.4 is 0 Å². The molecule has 1 aromatic carbocycles. The summed E-state index contributed by atoms with van der Waals surface area (Å²) in [5.74, 6) is 0. The molecule has 1 aromatic heterocycles. The van der Waals surface area contributed by atoms with Crippen molar-refractivity contribution in [1.82, 2.24) is 9.21 Å². The predicted octanol–water partition coefficient (Wildman–Crippen LogP) is 3.18. The van der Waals surface area contributed by atoms with Crippen LogP contribution in [0.15, 0.2) is 34.5 Å². The van der Waals surface area contributed by atoms with Crippen molar-refractivity contribution in [3.05, 3.63) is 51.2 Å². The summed E-state index contributed by atoms with van der Waals surface area (Å²) in [4.78, 5) is 4.14. The summed E-state index contributed by atoms with van der Waals surface area (Å²) >= 11 is 1.75. The summed E-state index contributed by atoms with van der Waals surface area (Å²) in [5, 5.41) is 2.08. The molecule has 1 saturated heterocycles. The van der Waals surface area contributed by atoms with Gasteiger partial charge in [0.1, 0.15) is 0 Å². The Bertz CT molecular complexity index is 783. The van der Waals surface area contributed by atoms with Crippen molar-refractivity contribution in [2.75, 3.05) is 26.2 Å². The molecule has 130 valence electrons. The largest absolute Gasteiger partial charge is 0.296 e. The minimum Gasteiger partial charge on any atom is -0.296 e. The highest BCUT2D eigenvalue weighted by Crippen LogP contribution is 2.26. The Kier molecular flexibility index (Phi) is 5.11. The van der Waals surface area contributed by atoms with Crippen molar-refractivity contribution in [3.8, 4) is 0 Å². The van der Waals surface area contributed by atoms with Crippen LogP contribution in [0.3, 0.4) is 0 Å². The van der Waals surface area contributed by atoms with Crippen molar-refractivity contribution in [2.24, 2.45) is 0 Å². The summed E-state index contributed by atoms with van der Waals surface area (Å²) in [6.45, 7) is 9.36. The van der Waals surface area contributed by atoms with E-state index in [9.17, 15) is 8.42 Å². The first-order chi connectivity index (χ1) is 11.4. The Morgan fingerprint density at radius 2 is 1.67 bits per heavy atom. The zero-order chi connectivity index (χ0) is 17.3. The fourth-order valence-electron chi connectivity index (χ4n) is 3.45. The maximum absolute atomic E-state index is 13.1. The van der Waals surface area contributed by atoms with Crippen LogP contribution in [-0.2, 0) is 16.6 Å². The zero-order valence-corrected chi connectivity index (χ0v) is 16.1. The molecule has 0 bridgehead atoms. The van der Waals surface area contributed by atoms with Gasteiger partial charge in [-0.1, -0.05) is 23.8 Å². The molecule has 0 spiro atoms. The molecule has 6 heteroatoms. The lowest BCUT2D eigenvalue weighted by Gasteiger charge is -2.34. The Hall–Kier alpha value is -1.21. The molecule has 0 saturated carbocycles. The highest BCUT2D eigenvalue weighted by atomic mass is 32.2. The molecule has 0 amide bonds. The second kappa shape index (κ2) is 6.96. The van der Waals surface area contributed by atoms with Crippen molar-refractivity contribution < 1.29 is 8.42 Å². The van der Waals surface area contributed by atoms with Crippen molar-refractivity contribution in [1.29, 1.82) is 0 Å².